The standard InChI is InChI=1S/C30H34N8O5/c1-18(39)43-17-22-21(23-15-24(29(40)35(2)33-23)32-27-14-20-16-42-12-11-38(20)34-27)7-8-31-28(22)37-10-9-36-25-6-4-3-5-19(25)13-26(36)30(37)41/h7-8,13-15,19,25H,3-6,9-12,16-17H2,1-2H3,(H,32,34). The van der Waals surface area contributed by atoms with Crippen molar-refractivity contribution in [2.24, 2.45) is 13.0 Å². The molecule has 1 aliphatic carbocycles. The van der Waals surface area contributed by atoms with E-state index in [0.29, 0.717) is 73.3 Å². The zero-order valence-corrected chi connectivity index (χ0v) is 24.3. The van der Waals surface area contributed by atoms with Crippen LogP contribution in [-0.2, 0) is 45.9 Å². The van der Waals surface area contributed by atoms with Gasteiger partial charge in [-0.25, -0.2) is 9.67 Å². The summed E-state index contributed by atoms with van der Waals surface area (Å²) in [6.07, 6.45) is 8.34. The SMILES string of the molecule is CC(=O)OCc1c(-c2cc(Nc3cc4n(n3)CCOC4)c(=O)n(C)n2)ccnc1N1CCN2C(=CC3CCCCC32)C1=O. The van der Waals surface area contributed by atoms with Crippen molar-refractivity contribution in [3.63, 3.8) is 0 Å². The van der Waals surface area contributed by atoms with Gasteiger partial charge in [-0.2, -0.15) is 10.2 Å². The van der Waals surface area contributed by atoms with E-state index in [-0.39, 0.29) is 23.8 Å². The van der Waals surface area contributed by atoms with E-state index < -0.39 is 5.97 Å². The lowest BCUT2D eigenvalue weighted by atomic mass is 9.86. The molecule has 0 aromatic carbocycles. The number of esters is 1. The van der Waals surface area contributed by atoms with Crippen molar-refractivity contribution in [2.45, 2.75) is 58.4 Å². The molecule has 3 aromatic rings. The quantitative estimate of drug-likeness (QED) is 0.429. The Morgan fingerprint density at radius 1 is 1.14 bits per heavy atom. The van der Waals surface area contributed by atoms with Gasteiger partial charge in [-0.15, -0.1) is 0 Å². The van der Waals surface area contributed by atoms with Crippen LogP contribution in [0.5, 0.6) is 0 Å². The predicted molar refractivity (Wildman–Crippen MR) is 156 cm³/mol. The van der Waals surface area contributed by atoms with Gasteiger partial charge < -0.3 is 19.7 Å². The number of piperazine rings is 1. The van der Waals surface area contributed by atoms with E-state index in [2.05, 4.69) is 31.5 Å². The van der Waals surface area contributed by atoms with Crippen LogP contribution in [0.1, 0.15) is 43.9 Å². The van der Waals surface area contributed by atoms with E-state index in [4.69, 9.17) is 9.47 Å². The summed E-state index contributed by atoms with van der Waals surface area (Å²) in [6, 6.07) is 5.66. The van der Waals surface area contributed by atoms with E-state index >= 15 is 0 Å². The largest absolute Gasteiger partial charge is 0.461 e. The second-order valence-electron chi connectivity index (χ2n) is 11.5. The van der Waals surface area contributed by atoms with Gasteiger partial charge >= 0.3 is 5.97 Å². The molecule has 6 heterocycles. The number of aromatic nitrogens is 5. The summed E-state index contributed by atoms with van der Waals surface area (Å²) in [7, 11) is 1.58. The maximum Gasteiger partial charge on any atom is 0.302 e. The molecule has 2 fully saturated rings. The van der Waals surface area contributed by atoms with Crippen LogP contribution in [0.15, 0.2) is 41.0 Å². The summed E-state index contributed by atoms with van der Waals surface area (Å²) >= 11 is 0. The Balaban J connectivity index is 1.26. The minimum Gasteiger partial charge on any atom is -0.461 e. The lowest BCUT2D eigenvalue weighted by Gasteiger charge is -2.40. The average Bonchev–Trinajstić information content (AvgIpc) is 3.60. The van der Waals surface area contributed by atoms with Crippen LogP contribution in [-0.4, -0.2) is 67.1 Å². The molecule has 13 heteroatoms. The van der Waals surface area contributed by atoms with Gasteiger partial charge in [0.15, 0.2) is 5.82 Å². The van der Waals surface area contributed by atoms with Crippen LogP contribution in [0.4, 0.5) is 17.3 Å². The molecule has 13 nitrogen and oxygen atoms in total. The number of pyridine rings is 1. The minimum absolute atomic E-state index is 0.0992. The number of nitrogens with zero attached hydrogens (tertiary/aromatic N) is 7. The van der Waals surface area contributed by atoms with Gasteiger partial charge in [0.25, 0.3) is 11.5 Å². The predicted octanol–water partition coefficient (Wildman–Crippen LogP) is 2.48. The van der Waals surface area contributed by atoms with Gasteiger partial charge in [-0.3, -0.25) is 24.0 Å². The fourth-order valence-electron chi connectivity index (χ4n) is 6.72. The summed E-state index contributed by atoms with van der Waals surface area (Å²) in [5, 5.41) is 12.2. The third kappa shape index (κ3) is 4.97. The minimum atomic E-state index is -0.456. The molecule has 224 valence electrons. The molecule has 43 heavy (non-hydrogen) atoms. The summed E-state index contributed by atoms with van der Waals surface area (Å²) in [5.74, 6) is 0.799. The number of aryl methyl sites for hydroxylation is 1. The fraction of sp³-hybridized carbons (Fsp3) is 0.467. The lowest BCUT2D eigenvalue weighted by Crippen LogP contribution is -2.51. The Bertz CT molecular complexity index is 1670. The Hall–Kier alpha value is -4.52. The third-order valence-corrected chi connectivity index (χ3v) is 8.76. The first kappa shape index (κ1) is 27.3. The molecule has 4 aliphatic rings. The molecular weight excluding hydrogens is 552 g/mol. The van der Waals surface area contributed by atoms with Gasteiger partial charge in [0.05, 0.1) is 36.8 Å². The van der Waals surface area contributed by atoms with Crippen LogP contribution in [0.25, 0.3) is 11.3 Å². The number of anilines is 3. The summed E-state index contributed by atoms with van der Waals surface area (Å²) in [6.45, 7) is 4.09. The molecule has 1 N–H and O–H groups in total. The van der Waals surface area contributed by atoms with Crippen molar-refractivity contribution in [2.75, 3.05) is 29.9 Å². The smallest absolute Gasteiger partial charge is 0.302 e. The molecule has 0 spiro atoms. The molecule has 2 unspecified atom stereocenters. The number of ether oxygens (including phenoxy) is 2. The lowest BCUT2D eigenvalue weighted by molar-refractivity contribution is -0.142. The highest BCUT2D eigenvalue weighted by Crippen LogP contribution is 2.41. The second-order valence-corrected chi connectivity index (χ2v) is 11.5. The Labute approximate surface area is 248 Å². The molecule has 1 amide bonds. The maximum atomic E-state index is 13.9. The maximum absolute atomic E-state index is 13.9. The Morgan fingerprint density at radius 2 is 2.00 bits per heavy atom. The molecule has 2 atom stereocenters. The molecule has 7 rings (SSSR count). The zero-order chi connectivity index (χ0) is 29.7. The summed E-state index contributed by atoms with van der Waals surface area (Å²) in [4.78, 5) is 47.5. The van der Waals surface area contributed by atoms with Crippen molar-refractivity contribution in [3.8, 4) is 11.3 Å². The molecule has 3 aromatic heterocycles. The number of hydrogen-bond donors (Lipinski definition) is 1. The Morgan fingerprint density at radius 3 is 2.84 bits per heavy atom. The second kappa shape index (κ2) is 11.0. The average molecular weight is 587 g/mol. The number of carbonyl (C=O) groups excluding carboxylic acids is 2. The van der Waals surface area contributed by atoms with Crippen molar-refractivity contribution in [1.29, 1.82) is 0 Å². The van der Waals surface area contributed by atoms with Gasteiger partial charge in [0.1, 0.15) is 18.1 Å². The van der Waals surface area contributed by atoms with E-state index in [9.17, 15) is 14.4 Å². The van der Waals surface area contributed by atoms with E-state index in [0.717, 1.165) is 24.2 Å². The van der Waals surface area contributed by atoms with Crippen molar-refractivity contribution >= 4 is 29.2 Å². The fourth-order valence-corrected chi connectivity index (χ4v) is 6.72. The third-order valence-electron chi connectivity index (χ3n) is 8.76. The van der Waals surface area contributed by atoms with Crippen molar-refractivity contribution < 1.29 is 19.1 Å². The molecule has 0 bridgehead atoms. The summed E-state index contributed by atoms with van der Waals surface area (Å²) < 4.78 is 14.1. The normalized spacial score (nSPS) is 21.2. The Kier molecular flexibility index (Phi) is 6.96. The van der Waals surface area contributed by atoms with Crippen LogP contribution < -0.4 is 15.8 Å². The molecule has 3 aliphatic heterocycles. The number of fused-ring (bicyclic) bond motifs is 4. The van der Waals surface area contributed by atoms with Crippen LogP contribution in [0.3, 0.4) is 0 Å². The monoisotopic (exact) mass is 586 g/mol. The van der Waals surface area contributed by atoms with E-state index in [1.54, 1.807) is 30.3 Å². The highest BCUT2D eigenvalue weighted by atomic mass is 16.5. The molecule has 1 saturated carbocycles. The van der Waals surface area contributed by atoms with Crippen molar-refractivity contribution in [1.82, 2.24) is 29.4 Å². The topological polar surface area (TPSA) is 137 Å². The van der Waals surface area contributed by atoms with Crippen LogP contribution >= 0.6 is 0 Å². The number of nitrogens with one attached hydrogen (secondary N) is 1. The van der Waals surface area contributed by atoms with Crippen molar-refractivity contribution in [3.05, 3.63) is 57.8 Å². The highest BCUT2D eigenvalue weighted by Gasteiger charge is 2.43. The number of amides is 1. The van der Waals surface area contributed by atoms with Crippen LogP contribution in [0.2, 0.25) is 0 Å². The summed E-state index contributed by atoms with van der Waals surface area (Å²) in [5.41, 5.74) is 3.21. The number of carbonyl (C=O) groups is 2. The van der Waals surface area contributed by atoms with Gasteiger partial charge in [-0.05, 0) is 30.9 Å². The zero-order valence-electron chi connectivity index (χ0n) is 24.3. The molecular formula is C30H34N8O5. The first-order valence-corrected chi connectivity index (χ1v) is 14.8. The van der Waals surface area contributed by atoms with Crippen LogP contribution in [0, 0.1) is 5.92 Å². The number of hydrogen-bond acceptors (Lipinski definition) is 10. The van der Waals surface area contributed by atoms with E-state index in [1.807, 2.05) is 10.7 Å². The highest BCUT2D eigenvalue weighted by molar-refractivity contribution is 6.06. The van der Waals surface area contributed by atoms with E-state index in [1.165, 1.54) is 24.4 Å². The van der Waals surface area contributed by atoms with Gasteiger partial charge in [0.2, 0.25) is 0 Å². The number of rotatable bonds is 6. The first-order valence-electron chi connectivity index (χ1n) is 14.8. The van der Waals surface area contributed by atoms with Gasteiger partial charge in [0, 0.05) is 56.5 Å². The molecule has 0 radical (unpaired) electrons. The van der Waals surface area contributed by atoms with Gasteiger partial charge in [-0.1, -0.05) is 18.9 Å². The molecule has 1 saturated heterocycles. The first-order chi connectivity index (χ1) is 20.9.